The summed E-state index contributed by atoms with van der Waals surface area (Å²) in [5, 5.41) is 21.6. The maximum Gasteiger partial charge on any atom is 0.322 e. The maximum absolute atomic E-state index is 12.9. The van der Waals surface area contributed by atoms with Crippen LogP contribution in [0.2, 0.25) is 0 Å². The normalized spacial score (nSPS) is 10.7. The number of carboxylic acid groups (broad SMARTS) is 1. The van der Waals surface area contributed by atoms with Gasteiger partial charge in [-0.15, -0.1) is 0 Å². The molecule has 0 aliphatic heterocycles. The molecule has 1 heterocycles. The largest absolute Gasteiger partial charge is 0.506 e. The number of aromatic nitrogens is 1. The Morgan fingerprint density at radius 2 is 1.81 bits per heavy atom. The van der Waals surface area contributed by atoms with Crippen LogP contribution in [0.3, 0.4) is 0 Å². The summed E-state index contributed by atoms with van der Waals surface area (Å²) in [5.74, 6) is -2.77. The van der Waals surface area contributed by atoms with Crippen molar-refractivity contribution in [1.82, 2.24) is 9.88 Å². The zero-order valence-corrected chi connectivity index (χ0v) is 14.2. The lowest BCUT2D eigenvalue weighted by molar-refractivity contribution is -0.135. The second-order valence-corrected chi connectivity index (χ2v) is 5.95. The lowest BCUT2D eigenvalue weighted by Crippen LogP contribution is -2.36. The molecule has 0 saturated heterocycles. The predicted octanol–water partition coefficient (Wildman–Crippen LogP) is 1.15. The number of aromatic hydroxyl groups is 1. The number of pyridine rings is 1. The first-order valence-corrected chi connectivity index (χ1v) is 8.07. The molecule has 8 nitrogen and oxygen atoms in total. The molecule has 2 aromatic carbocycles. The van der Waals surface area contributed by atoms with E-state index in [4.69, 9.17) is 10.8 Å². The fraction of sp³-hybridized carbons (Fsp3) is 0.105. The Labute approximate surface area is 153 Å². The van der Waals surface area contributed by atoms with Gasteiger partial charge in [0.2, 0.25) is 0 Å². The van der Waals surface area contributed by atoms with Gasteiger partial charge in [-0.2, -0.15) is 0 Å². The molecule has 8 heteroatoms. The van der Waals surface area contributed by atoms with Crippen LogP contribution >= 0.6 is 0 Å². The number of amides is 1. The van der Waals surface area contributed by atoms with Gasteiger partial charge in [0.1, 0.15) is 17.9 Å². The van der Waals surface area contributed by atoms with Crippen molar-refractivity contribution in [3.05, 3.63) is 70.0 Å². The molecule has 138 valence electrons. The van der Waals surface area contributed by atoms with Crippen molar-refractivity contribution in [2.24, 2.45) is 0 Å². The highest BCUT2D eigenvalue weighted by molar-refractivity contribution is 6.03. The van der Waals surface area contributed by atoms with Crippen molar-refractivity contribution in [2.45, 2.75) is 6.54 Å². The number of nitrogens with two attached hydrogens (primary N) is 1. The molecule has 0 spiro atoms. The highest BCUT2D eigenvalue weighted by atomic mass is 16.4. The Kier molecular flexibility index (Phi) is 4.80. The first-order valence-electron chi connectivity index (χ1n) is 8.07. The third-order valence-electron chi connectivity index (χ3n) is 4.07. The number of benzene rings is 2. The molecule has 0 saturated carbocycles. The van der Waals surface area contributed by atoms with E-state index < -0.39 is 35.3 Å². The minimum atomic E-state index is -1.27. The molecule has 0 atom stereocenters. The summed E-state index contributed by atoms with van der Waals surface area (Å²) in [6.07, 6.45) is 0. The monoisotopic (exact) mass is 367 g/mol. The zero-order chi connectivity index (χ0) is 19.6. The summed E-state index contributed by atoms with van der Waals surface area (Å²) in [6.45, 7) is -0.509. The van der Waals surface area contributed by atoms with E-state index in [1.807, 2.05) is 30.3 Å². The Morgan fingerprint density at radius 1 is 1.11 bits per heavy atom. The SMILES string of the molecule is Nc1ccc2c(c1)c(O)c(C(=O)NCC(=O)O)c(=O)n2Cc1ccccc1. The third-order valence-corrected chi connectivity index (χ3v) is 4.07. The summed E-state index contributed by atoms with van der Waals surface area (Å²) in [4.78, 5) is 36.0. The van der Waals surface area contributed by atoms with E-state index in [-0.39, 0.29) is 11.9 Å². The van der Waals surface area contributed by atoms with Gasteiger partial charge in [-0.05, 0) is 23.8 Å². The molecule has 5 N–H and O–H groups in total. The van der Waals surface area contributed by atoms with Crippen LogP contribution in [0, 0.1) is 0 Å². The minimum Gasteiger partial charge on any atom is -0.506 e. The summed E-state index contributed by atoms with van der Waals surface area (Å²) in [6, 6.07) is 13.8. The number of nitrogens with zero attached hydrogens (tertiary/aromatic N) is 1. The summed E-state index contributed by atoms with van der Waals surface area (Å²) in [7, 11) is 0. The topological polar surface area (TPSA) is 135 Å². The van der Waals surface area contributed by atoms with Crippen LogP contribution in [-0.2, 0) is 11.3 Å². The van der Waals surface area contributed by atoms with Crippen LogP contribution in [0.25, 0.3) is 10.9 Å². The summed E-state index contributed by atoms with van der Waals surface area (Å²) >= 11 is 0. The van der Waals surface area contributed by atoms with E-state index in [9.17, 15) is 19.5 Å². The van der Waals surface area contributed by atoms with Gasteiger partial charge in [-0.3, -0.25) is 14.4 Å². The van der Waals surface area contributed by atoms with Crippen LogP contribution in [-0.4, -0.2) is 33.2 Å². The molecule has 0 bridgehead atoms. The number of nitrogens with one attached hydrogen (secondary N) is 1. The van der Waals surface area contributed by atoms with E-state index in [1.165, 1.54) is 10.6 Å². The maximum atomic E-state index is 12.9. The number of hydrogen-bond donors (Lipinski definition) is 4. The Morgan fingerprint density at radius 3 is 2.48 bits per heavy atom. The average molecular weight is 367 g/mol. The van der Waals surface area contributed by atoms with Crippen LogP contribution < -0.4 is 16.6 Å². The van der Waals surface area contributed by atoms with Gasteiger partial charge in [0, 0.05) is 11.1 Å². The number of hydrogen-bond acceptors (Lipinski definition) is 5. The number of carbonyl (C=O) groups is 2. The lowest BCUT2D eigenvalue weighted by atomic mass is 10.1. The fourth-order valence-corrected chi connectivity index (χ4v) is 2.83. The van der Waals surface area contributed by atoms with E-state index in [2.05, 4.69) is 5.32 Å². The molecule has 1 amide bonds. The molecule has 3 aromatic rings. The smallest absolute Gasteiger partial charge is 0.322 e. The van der Waals surface area contributed by atoms with Gasteiger partial charge in [-0.1, -0.05) is 30.3 Å². The Balaban J connectivity index is 2.22. The summed E-state index contributed by atoms with van der Waals surface area (Å²) < 4.78 is 1.35. The number of rotatable bonds is 5. The molecule has 3 rings (SSSR count). The van der Waals surface area contributed by atoms with Gasteiger partial charge in [-0.25, -0.2) is 0 Å². The molecule has 27 heavy (non-hydrogen) atoms. The second-order valence-electron chi connectivity index (χ2n) is 5.95. The van der Waals surface area contributed by atoms with Crippen molar-refractivity contribution in [1.29, 1.82) is 0 Å². The van der Waals surface area contributed by atoms with Crippen molar-refractivity contribution in [3.8, 4) is 5.75 Å². The molecule has 0 fully saturated rings. The molecule has 0 unspecified atom stereocenters. The van der Waals surface area contributed by atoms with Crippen molar-refractivity contribution < 1.29 is 19.8 Å². The predicted molar refractivity (Wildman–Crippen MR) is 99.8 cm³/mol. The molecular formula is C19H17N3O5. The molecule has 0 radical (unpaired) electrons. The van der Waals surface area contributed by atoms with Crippen LogP contribution in [0.1, 0.15) is 15.9 Å². The van der Waals surface area contributed by atoms with E-state index in [0.717, 1.165) is 5.56 Å². The number of anilines is 1. The number of carboxylic acids is 1. The van der Waals surface area contributed by atoms with Crippen LogP contribution in [0.5, 0.6) is 5.75 Å². The van der Waals surface area contributed by atoms with Gasteiger partial charge < -0.3 is 25.8 Å². The number of aliphatic carboxylic acids is 1. The number of nitrogen functional groups attached to an aromatic ring is 1. The summed E-state index contributed by atoms with van der Waals surface area (Å²) in [5.41, 5.74) is 6.11. The van der Waals surface area contributed by atoms with Crippen LogP contribution in [0.15, 0.2) is 53.3 Å². The van der Waals surface area contributed by atoms with Crippen molar-refractivity contribution >= 4 is 28.5 Å². The number of fused-ring (bicyclic) bond motifs is 1. The molecule has 1 aromatic heterocycles. The lowest BCUT2D eigenvalue weighted by Gasteiger charge is -2.15. The van der Waals surface area contributed by atoms with E-state index >= 15 is 0 Å². The Hall–Kier alpha value is -3.81. The first-order chi connectivity index (χ1) is 12.9. The minimum absolute atomic E-state index is 0.166. The van der Waals surface area contributed by atoms with Crippen molar-refractivity contribution in [2.75, 3.05) is 12.3 Å². The van der Waals surface area contributed by atoms with E-state index in [1.54, 1.807) is 12.1 Å². The van der Waals surface area contributed by atoms with Gasteiger partial charge in [0.05, 0.1) is 12.1 Å². The Bertz CT molecular complexity index is 1090. The van der Waals surface area contributed by atoms with Crippen LogP contribution in [0.4, 0.5) is 5.69 Å². The van der Waals surface area contributed by atoms with Gasteiger partial charge in [0.15, 0.2) is 0 Å². The second kappa shape index (κ2) is 7.20. The standard InChI is InChI=1S/C19H17N3O5/c20-12-6-7-14-13(8-12)17(25)16(18(26)21-9-15(23)24)19(27)22(14)10-11-4-2-1-3-5-11/h1-8,25H,9-10,20H2,(H,21,26)(H,23,24). The highest BCUT2D eigenvalue weighted by Gasteiger charge is 2.22. The molecule has 0 aliphatic rings. The molecular weight excluding hydrogens is 350 g/mol. The third kappa shape index (κ3) is 3.59. The van der Waals surface area contributed by atoms with E-state index in [0.29, 0.717) is 11.2 Å². The first kappa shape index (κ1) is 18.0. The average Bonchev–Trinajstić information content (AvgIpc) is 2.64. The zero-order valence-electron chi connectivity index (χ0n) is 14.2. The fourth-order valence-electron chi connectivity index (χ4n) is 2.83. The van der Waals surface area contributed by atoms with Gasteiger partial charge in [0.25, 0.3) is 11.5 Å². The highest BCUT2D eigenvalue weighted by Crippen LogP contribution is 2.28. The van der Waals surface area contributed by atoms with Crippen molar-refractivity contribution in [3.63, 3.8) is 0 Å². The number of carbonyl (C=O) groups excluding carboxylic acids is 1. The molecule has 0 aliphatic carbocycles. The van der Waals surface area contributed by atoms with Gasteiger partial charge >= 0.3 is 5.97 Å². The quantitative estimate of drug-likeness (QED) is 0.500.